The molecule has 3 aromatic rings. The van der Waals surface area contributed by atoms with E-state index >= 15 is 0 Å². The lowest BCUT2D eigenvalue weighted by Crippen LogP contribution is -2.25. The number of alkyl halides is 3. The molecular weight excluding hydrogens is 529 g/mol. The van der Waals surface area contributed by atoms with E-state index in [2.05, 4.69) is 25.1 Å². The summed E-state index contributed by atoms with van der Waals surface area (Å²) in [5.41, 5.74) is -0.195. The highest BCUT2D eigenvalue weighted by Crippen LogP contribution is 2.42. The Morgan fingerprint density at radius 3 is 2.39 bits per heavy atom. The summed E-state index contributed by atoms with van der Waals surface area (Å²) in [5.74, 6) is -1.12. The second kappa shape index (κ2) is 10.5. The molecule has 2 heterocycles. The van der Waals surface area contributed by atoms with Crippen LogP contribution >= 0.6 is 0 Å². The molecule has 1 aliphatic rings. The van der Waals surface area contributed by atoms with Gasteiger partial charge in [-0.05, 0) is 43.2 Å². The van der Waals surface area contributed by atoms with Crippen molar-refractivity contribution in [3.05, 3.63) is 47.8 Å². The maximum absolute atomic E-state index is 13.1. The van der Waals surface area contributed by atoms with Crippen LogP contribution in [0.15, 0.2) is 41.3 Å². The topological polar surface area (TPSA) is 137 Å². The second-order valence-corrected chi connectivity index (χ2v) is 10.4. The number of hydrogen-bond acceptors (Lipinski definition) is 8. The predicted molar refractivity (Wildman–Crippen MR) is 129 cm³/mol. The molecule has 1 unspecified atom stereocenters. The number of amides is 1. The number of nitrogens with zero attached hydrogens (tertiary/aromatic N) is 4. The molecule has 0 spiro atoms. The molecule has 15 heteroatoms. The monoisotopic (exact) mass is 554 g/mol. The fourth-order valence-electron chi connectivity index (χ4n) is 3.60. The van der Waals surface area contributed by atoms with Crippen LogP contribution in [-0.2, 0) is 27.5 Å². The normalized spacial score (nSPS) is 14.6. The number of benzene rings is 1. The van der Waals surface area contributed by atoms with Crippen molar-refractivity contribution < 1.29 is 35.9 Å². The molecule has 0 saturated heterocycles. The molecule has 1 atom stereocenters. The van der Waals surface area contributed by atoms with E-state index in [1.807, 2.05) is 0 Å². The molecule has 1 aliphatic carbocycles. The van der Waals surface area contributed by atoms with Gasteiger partial charge in [0.1, 0.15) is 0 Å². The molecule has 1 amide bonds. The molecule has 0 radical (unpaired) electrons. The van der Waals surface area contributed by atoms with E-state index in [0.29, 0.717) is 11.4 Å². The van der Waals surface area contributed by atoms with Crippen molar-refractivity contribution in [1.29, 1.82) is 0 Å². The standard InChI is InChI=1S/C23H25F3N6O5S/c1-13(12-32-17(14-4-5-14)10-18(30-32)23(24,25)26)21(33)27-15-6-8-16(9-7-15)38(34,35)31-19-11-20(36-2)29-22(28-19)37-3/h6-11,13-14H,4-5,12H2,1-3H3,(H,27,33)(H,28,29,31). The van der Waals surface area contributed by atoms with Gasteiger partial charge in [0.15, 0.2) is 11.5 Å². The van der Waals surface area contributed by atoms with Crippen molar-refractivity contribution in [2.45, 2.75) is 43.3 Å². The van der Waals surface area contributed by atoms with Crippen molar-refractivity contribution in [3.8, 4) is 11.9 Å². The average molecular weight is 555 g/mol. The van der Waals surface area contributed by atoms with Gasteiger partial charge in [-0.3, -0.25) is 14.2 Å². The quantitative estimate of drug-likeness (QED) is 0.387. The number of halogens is 3. The van der Waals surface area contributed by atoms with Crippen molar-refractivity contribution in [1.82, 2.24) is 19.7 Å². The van der Waals surface area contributed by atoms with Gasteiger partial charge < -0.3 is 14.8 Å². The average Bonchev–Trinajstić information content (AvgIpc) is 3.62. The first-order valence-corrected chi connectivity index (χ1v) is 12.9. The minimum atomic E-state index is -4.57. The Balaban J connectivity index is 1.42. The van der Waals surface area contributed by atoms with Crippen LogP contribution in [0.4, 0.5) is 24.7 Å². The number of aromatic nitrogens is 4. The van der Waals surface area contributed by atoms with Crippen LogP contribution in [0.3, 0.4) is 0 Å². The van der Waals surface area contributed by atoms with Crippen LogP contribution in [0.5, 0.6) is 11.9 Å². The summed E-state index contributed by atoms with van der Waals surface area (Å²) in [6, 6.07) is 7.59. The zero-order chi connectivity index (χ0) is 27.7. The zero-order valence-electron chi connectivity index (χ0n) is 20.6. The number of ether oxygens (including phenoxy) is 2. The Hall–Kier alpha value is -3.88. The fourth-order valence-corrected chi connectivity index (χ4v) is 4.59. The Morgan fingerprint density at radius 2 is 1.82 bits per heavy atom. The first-order chi connectivity index (χ1) is 17.9. The number of rotatable bonds is 10. The fraction of sp³-hybridized carbons (Fsp3) is 0.391. The molecule has 2 N–H and O–H groups in total. The van der Waals surface area contributed by atoms with Crippen LogP contribution in [-0.4, -0.2) is 48.3 Å². The summed E-state index contributed by atoms with van der Waals surface area (Å²) in [6.07, 6.45) is -3.00. The minimum absolute atomic E-state index is 0.0153. The summed E-state index contributed by atoms with van der Waals surface area (Å²) in [4.78, 5) is 20.4. The van der Waals surface area contributed by atoms with E-state index < -0.39 is 33.7 Å². The van der Waals surface area contributed by atoms with Crippen LogP contribution < -0.4 is 19.5 Å². The van der Waals surface area contributed by atoms with Gasteiger partial charge in [0.2, 0.25) is 11.8 Å². The Labute approximate surface area is 216 Å². The molecule has 204 valence electrons. The molecule has 4 rings (SSSR count). The van der Waals surface area contributed by atoms with Gasteiger partial charge in [-0.2, -0.15) is 28.2 Å². The summed E-state index contributed by atoms with van der Waals surface area (Å²) in [7, 11) is -1.37. The molecule has 11 nitrogen and oxygen atoms in total. The van der Waals surface area contributed by atoms with Crippen LogP contribution in [0.25, 0.3) is 0 Å². The van der Waals surface area contributed by atoms with E-state index in [-0.39, 0.29) is 35.1 Å². The molecule has 1 fully saturated rings. The van der Waals surface area contributed by atoms with E-state index in [9.17, 15) is 26.4 Å². The smallest absolute Gasteiger partial charge is 0.435 e. The Morgan fingerprint density at radius 1 is 1.13 bits per heavy atom. The Bertz CT molecular complexity index is 1400. The van der Waals surface area contributed by atoms with Gasteiger partial charge >= 0.3 is 12.2 Å². The molecule has 2 aromatic heterocycles. The number of carbonyl (C=O) groups excluding carboxylic acids is 1. The second-order valence-electron chi connectivity index (χ2n) is 8.71. The maximum atomic E-state index is 13.1. The van der Waals surface area contributed by atoms with Gasteiger partial charge in [-0.25, -0.2) is 8.42 Å². The zero-order valence-corrected chi connectivity index (χ0v) is 21.4. The van der Waals surface area contributed by atoms with Gasteiger partial charge in [0, 0.05) is 23.4 Å². The maximum Gasteiger partial charge on any atom is 0.435 e. The van der Waals surface area contributed by atoms with Crippen molar-refractivity contribution >= 4 is 27.4 Å². The minimum Gasteiger partial charge on any atom is -0.481 e. The third-order valence-electron chi connectivity index (χ3n) is 5.74. The first-order valence-electron chi connectivity index (χ1n) is 11.5. The highest BCUT2D eigenvalue weighted by Gasteiger charge is 2.38. The summed E-state index contributed by atoms with van der Waals surface area (Å²) < 4.78 is 78.5. The number of carbonyl (C=O) groups is 1. The number of sulfonamides is 1. The molecule has 1 aromatic carbocycles. The first kappa shape index (κ1) is 27.2. The highest BCUT2D eigenvalue weighted by atomic mass is 32.2. The van der Waals surface area contributed by atoms with Gasteiger partial charge in [0.25, 0.3) is 10.0 Å². The molecule has 0 bridgehead atoms. The highest BCUT2D eigenvalue weighted by molar-refractivity contribution is 7.92. The molecule has 0 aliphatic heterocycles. The number of hydrogen-bond donors (Lipinski definition) is 2. The van der Waals surface area contributed by atoms with E-state index in [1.165, 1.54) is 49.2 Å². The largest absolute Gasteiger partial charge is 0.481 e. The number of methoxy groups -OCH3 is 2. The van der Waals surface area contributed by atoms with Crippen LogP contribution in [0, 0.1) is 5.92 Å². The van der Waals surface area contributed by atoms with E-state index in [0.717, 1.165) is 18.9 Å². The number of nitrogens with one attached hydrogen (secondary N) is 2. The van der Waals surface area contributed by atoms with Crippen molar-refractivity contribution in [2.75, 3.05) is 24.3 Å². The summed E-state index contributed by atoms with van der Waals surface area (Å²) in [6.45, 7) is 1.55. The summed E-state index contributed by atoms with van der Waals surface area (Å²) >= 11 is 0. The predicted octanol–water partition coefficient (Wildman–Crippen LogP) is 3.66. The van der Waals surface area contributed by atoms with E-state index in [1.54, 1.807) is 6.92 Å². The van der Waals surface area contributed by atoms with Gasteiger partial charge in [-0.1, -0.05) is 6.92 Å². The van der Waals surface area contributed by atoms with E-state index in [4.69, 9.17) is 9.47 Å². The lowest BCUT2D eigenvalue weighted by Gasteiger charge is -2.15. The molecular formula is C23H25F3N6O5S. The Kier molecular flexibility index (Phi) is 7.49. The van der Waals surface area contributed by atoms with Crippen LogP contribution in [0.1, 0.15) is 37.1 Å². The number of anilines is 2. The molecule has 1 saturated carbocycles. The SMILES string of the molecule is COc1cc(NS(=O)(=O)c2ccc(NC(=O)C(C)Cn3nc(C(F)(F)F)cc3C3CC3)cc2)nc(OC)n1. The lowest BCUT2D eigenvalue weighted by atomic mass is 10.1. The van der Waals surface area contributed by atoms with Gasteiger partial charge in [-0.15, -0.1) is 0 Å². The summed E-state index contributed by atoms with van der Waals surface area (Å²) in [5, 5.41) is 6.33. The van der Waals surface area contributed by atoms with Crippen molar-refractivity contribution in [2.24, 2.45) is 5.92 Å². The van der Waals surface area contributed by atoms with Crippen molar-refractivity contribution in [3.63, 3.8) is 0 Å². The van der Waals surface area contributed by atoms with Crippen LogP contribution in [0.2, 0.25) is 0 Å². The lowest BCUT2D eigenvalue weighted by molar-refractivity contribution is -0.141. The third-order valence-corrected chi connectivity index (χ3v) is 7.11. The van der Waals surface area contributed by atoms with Gasteiger partial charge in [0.05, 0.1) is 31.6 Å². The molecule has 38 heavy (non-hydrogen) atoms. The third kappa shape index (κ3) is 6.33.